The van der Waals surface area contributed by atoms with E-state index in [-0.39, 0.29) is 23.8 Å². The van der Waals surface area contributed by atoms with Crippen molar-refractivity contribution in [2.24, 2.45) is 17.3 Å². The van der Waals surface area contributed by atoms with Crippen molar-refractivity contribution in [3.05, 3.63) is 0 Å². The van der Waals surface area contributed by atoms with Crippen molar-refractivity contribution >= 4 is 11.9 Å². The maximum Gasteiger partial charge on any atom is 0.308 e. The standard InChI is InChI=1S/C14H25NO4/c1-14(2,3)8-12(16)15-9-11(13(17)18)10-4-6-19-7-5-10/h10-11H,4-9H2,1-3H3,(H,15,16)(H,17,18). The molecule has 0 spiro atoms. The lowest BCUT2D eigenvalue weighted by Gasteiger charge is -2.28. The van der Waals surface area contributed by atoms with Gasteiger partial charge in [-0.15, -0.1) is 0 Å². The molecule has 110 valence electrons. The van der Waals surface area contributed by atoms with Gasteiger partial charge in [-0.2, -0.15) is 0 Å². The highest BCUT2D eigenvalue weighted by Gasteiger charge is 2.30. The van der Waals surface area contributed by atoms with Crippen LogP contribution in [0.3, 0.4) is 0 Å². The maximum absolute atomic E-state index is 11.7. The van der Waals surface area contributed by atoms with Gasteiger partial charge in [0.1, 0.15) is 0 Å². The first kappa shape index (κ1) is 16.0. The average Bonchev–Trinajstić information content (AvgIpc) is 2.27. The van der Waals surface area contributed by atoms with Gasteiger partial charge >= 0.3 is 5.97 Å². The van der Waals surface area contributed by atoms with Gasteiger partial charge in [0.2, 0.25) is 5.91 Å². The van der Waals surface area contributed by atoms with Gasteiger partial charge < -0.3 is 15.2 Å². The van der Waals surface area contributed by atoms with Gasteiger partial charge in [0, 0.05) is 26.2 Å². The Hall–Kier alpha value is -1.10. The number of carbonyl (C=O) groups excluding carboxylic acids is 1. The smallest absolute Gasteiger partial charge is 0.308 e. The zero-order chi connectivity index (χ0) is 14.5. The maximum atomic E-state index is 11.7. The monoisotopic (exact) mass is 271 g/mol. The summed E-state index contributed by atoms with van der Waals surface area (Å²) in [5.41, 5.74) is -0.0819. The number of rotatable bonds is 5. The summed E-state index contributed by atoms with van der Waals surface area (Å²) in [6.45, 7) is 7.41. The Bertz CT molecular complexity index is 316. The highest BCUT2D eigenvalue weighted by Crippen LogP contribution is 2.24. The topological polar surface area (TPSA) is 75.6 Å². The van der Waals surface area contributed by atoms with E-state index in [0.29, 0.717) is 19.6 Å². The molecule has 1 heterocycles. The molecule has 1 saturated heterocycles. The molecular formula is C14H25NO4. The molecule has 0 saturated carbocycles. The Morgan fingerprint density at radius 1 is 1.32 bits per heavy atom. The number of nitrogens with one attached hydrogen (secondary N) is 1. The van der Waals surface area contributed by atoms with E-state index in [9.17, 15) is 14.7 Å². The number of aliphatic carboxylic acids is 1. The largest absolute Gasteiger partial charge is 0.481 e. The van der Waals surface area contributed by atoms with Crippen LogP contribution in [0.15, 0.2) is 0 Å². The number of carboxylic acid groups (broad SMARTS) is 1. The predicted octanol–water partition coefficient (Wildman–Crippen LogP) is 1.67. The van der Waals surface area contributed by atoms with Crippen molar-refractivity contribution in [3.8, 4) is 0 Å². The number of carbonyl (C=O) groups is 2. The second kappa shape index (κ2) is 6.89. The molecule has 0 bridgehead atoms. The second-order valence-corrected chi connectivity index (χ2v) is 6.44. The summed E-state index contributed by atoms with van der Waals surface area (Å²) < 4.78 is 5.24. The highest BCUT2D eigenvalue weighted by molar-refractivity contribution is 5.78. The normalized spacial score (nSPS) is 18.9. The lowest BCUT2D eigenvalue weighted by molar-refractivity contribution is -0.145. The number of carboxylic acids is 1. The van der Waals surface area contributed by atoms with E-state index in [1.165, 1.54) is 0 Å². The number of hydrogen-bond donors (Lipinski definition) is 2. The molecule has 5 nitrogen and oxygen atoms in total. The summed E-state index contributed by atoms with van der Waals surface area (Å²) in [6, 6.07) is 0. The van der Waals surface area contributed by atoms with E-state index in [0.717, 1.165) is 12.8 Å². The first-order valence-corrected chi connectivity index (χ1v) is 6.87. The van der Waals surface area contributed by atoms with E-state index < -0.39 is 11.9 Å². The van der Waals surface area contributed by atoms with Crippen molar-refractivity contribution in [1.82, 2.24) is 5.32 Å². The zero-order valence-corrected chi connectivity index (χ0v) is 12.1. The summed E-state index contributed by atoms with van der Waals surface area (Å²) in [7, 11) is 0. The van der Waals surface area contributed by atoms with Gasteiger partial charge in [-0.3, -0.25) is 9.59 Å². The van der Waals surface area contributed by atoms with Crippen LogP contribution >= 0.6 is 0 Å². The van der Waals surface area contributed by atoms with Crippen LogP contribution in [-0.2, 0) is 14.3 Å². The molecule has 5 heteroatoms. The van der Waals surface area contributed by atoms with E-state index in [4.69, 9.17) is 4.74 Å². The van der Waals surface area contributed by atoms with E-state index >= 15 is 0 Å². The third kappa shape index (κ3) is 6.05. The van der Waals surface area contributed by atoms with Crippen LogP contribution in [0.1, 0.15) is 40.0 Å². The van der Waals surface area contributed by atoms with Gasteiger partial charge in [-0.1, -0.05) is 20.8 Å². The molecule has 0 aliphatic carbocycles. The highest BCUT2D eigenvalue weighted by atomic mass is 16.5. The lowest BCUT2D eigenvalue weighted by Crippen LogP contribution is -2.39. The fourth-order valence-electron chi connectivity index (χ4n) is 2.34. The van der Waals surface area contributed by atoms with Crippen LogP contribution in [0.5, 0.6) is 0 Å². The molecule has 0 radical (unpaired) electrons. The number of hydrogen-bond acceptors (Lipinski definition) is 3. The van der Waals surface area contributed by atoms with Gasteiger partial charge in [-0.25, -0.2) is 0 Å². The quantitative estimate of drug-likeness (QED) is 0.797. The molecule has 1 atom stereocenters. The summed E-state index contributed by atoms with van der Waals surface area (Å²) in [5, 5.41) is 12.0. The summed E-state index contributed by atoms with van der Waals surface area (Å²) in [5.74, 6) is -1.32. The molecule has 1 fully saturated rings. The minimum absolute atomic E-state index is 0.0780. The van der Waals surface area contributed by atoms with Crippen LogP contribution < -0.4 is 5.32 Å². The summed E-state index contributed by atoms with van der Waals surface area (Å²) in [4.78, 5) is 23.0. The third-order valence-electron chi connectivity index (χ3n) is 3.36. The van der Waals surface area contributed by atoms with Gasteiger partial charge in [0.25, 0.3) is 0 Å². The molecule has 1 aliphatic heterocycles. The summed E-state index contributed by atoms with van der Waals surface area (Å²) >= 11 is 0. The molecule has 1 rings (SSSR count). The van der Waals surface area contributed by atoms with Crippen LogP contribution in [0.4, 0.5) is 0 Å². The van der Waals surface area contributed by atoms with Crippen molar-refractivity contribution in [2.75, 3.05) is 19.8 Å². The molecule has 0 aromatic heterocycles. The van der Waals surface area contributed by atoms with Crippen LogP contribution in [-0.4, -0.2) is 36.7 Å². The van der Waals surface area contributed by atoms with E-state index in [1.807, 2.05) is 20.8 Å². The zero-order valence-electron chi connectivity index (χ0n) is 12.1. The molecule has 1 amide bonds. The van der Waals surface area contributed by atoms with Crippen molar-refractivity contribution in [2.45, 2.75) is 40.0 Å². The van der Waals surface area contributed by atoms with Gasteiger partial charge in [0.05, 0.1) is 5.92 Å². The number of amides is 1. The lowest BCUT2D eigenvalue weighted by atomic mass is 9.85. The van der Waals surface area contributed by atoms with Crippen molar-refractivity contribution in [3.63, 3.8) is 0 Å². The Morgan fingerprint density at radius 2 is 1.89 bits per heavy atom. The minimum atomic E-state index is -0.831. The van der Waals surface area contributed by atoms with E-state index in [2.05, 4.69) is 5.32 Å². The molecule has 1 aliphatic rings. The SMILES string of the molecule is CC(C)(C)CC(=O)NCC(C(=O)O)C1CCOCC1. The molecule has 0 aromatic carbocycles. The average molecular weight is 271 g/mol. The Balaban J connectivity index is 2.45. The fraction of sp³-hybridized carbons (Fsp3) is 0.857. The van der Waals surface area contributed by atoms with E-state index in [1.54, 1.807) is 0 Å². The number of ether oxygens (including phenoxy) is 1. The van der Waals surface area contributed by atoms with Gasteiger partial charge in [0.15, 0.2) is 0 Å². The first-order valence-electron chi connectivity index (χ1n) is 6.87. The van der Waals surface area contributed by atoms with Crippen LogP contribution in [0.25, 0.3) is 0 Å². The predicted molar refractivity (Wildman–Crippen MR) is 71.8 cm³/mol. The summed E-state index contributed by atoms with van der Waals surface area (Å²) in [6.07, 6.45) is 1.92. The van der Waals surface area contributed by atoms with Crippen molar-refractivity contribution in [1.29, 1.82) is 0 Å². The fourth-order valence-corrected chi connectivity index (χ4v) is 2.34. The Kier molecular flexibility index (Phi) is 5.79. The Labute approximate surface area is 114 Å². The Morgan fingerprint density at radius 3 is 2.37 bits per heavy atom. The molecule has 2 N–H and O–H groups in total. The first-order chi connectivity index (χ1) is 8.79. The molecule has 19 heavy (non-hydrogen) atoms. The molecular weight excluding hydrogens is 246 g/mol. The third-order valence-corrected chi connectivity index (χ3v) is 3.36. The van der Waals surface area contributed by atoms with Crippen LogP contribution in [0.2, 0.25) is 0 Å². The van der Waals surface area contributed by atoms with Crippen LogP contribution in [0, 0.1) is 17.3 Å². The van der Waals surface area contributed by atoms with Crippen molar-refractivity contribution < 1.29 is 19.4 Å². The molecule has 0 aromatic rings. The second-order valence-electron chi connectivity index (χ2n) is 6.44. The minimum Gasteiger partial charge on any atom is -0.481 e. The van der Waals surface area contributed by atoms with Gasteiger partial charge in [-0.05, 0) is 24.2 Å². The molecule has 1 unspecified atom stereocenters.